The molecule has 0 fully saturated rings. The second kappa shape index (κ2) is 7.09. The second-order valence-corrected chi connectivity index (χ2v) is 7.38. The smallest absolute Gasteiger partial charge is 0.269 e. The lowest BCUT2D eigenvalue weighted by molar-refractivity contribution is 0.0995. The van der Waals surface area contributed by atoms with Gasteiger partial charge in [0.25, 0.3) is 5.91 Å². The number of carbonyl (C=O) groups excluding carboxylic acids is 1. The van der Waals surface area contributed by atoms with Crippen molar-refractivity contribution in [3.63, 3.8) is 0 Å². The number of allylic oxidation sites excluding steroid dienone is 2. The SMILES string of the molecule is NC(=O)c1nnc2c(ccc3ncc(C4=CCCCC4)c32)cc1-c1ccccc1. The summed E-state index contributed by atoms with van der Waals surface area (Å²) in [4.78, 5) is 16.7. The summed E-state index contributed by atoms with van der Waals surface area (Å²) >= 11 is 0. The van der Waals surface area contributed by atoms with Crippen LogP contribution < -0.4 is 5.73 Å². The van der Waals surface area contributed by atoms with Gasteiger partial charge in [-0.25, -0.2) is 0 Å². The number of benzene rings is 2. The lowest BCUT2D eigenvalue weighted by Crippen LogP contribution is -2.14. The van der Waals surface area contributed by atoms with E-state index in [1.54, 1.807) is 0 Å². The molecule has 1 aliphatic carbocycles. The van der Waals surface area contributed by atoms with Crippen molar-refractivity contribution in [2.45, 2.75) is 25.7 Å². The van der Waals surface area contributed by atoms with Gasteiger partial charge in [-0.15, -0.1) is 10.2 Å². The second-order valence-electron chi connectivity index (χ2n) is 7.38. The van der Waals surface area contributed by atoms with Crippen molar-refractivity contribution in [3.05, 3.63) is 72.1 Å². The van der Waals surface area contributed by atoms with Gasteiger partial charge in [-0.2, -0.15) is 0 Å². The highest BCUT2D eigenvalue weighted by Gasteiger charge is 2.17. The average Bonchev–Trinajstić information content (AvgIpc) is 3.09. The van der Waals surface area contributed by atoms with Crippen molar-refractivity contribution in [2.75, 3.05) is 0 Å². The fourth-order valence-electron chi connectivity index (χ4n) is 4.12. The van der Waals surface area contributed by atoms with Crippen molar-refractivity contribution in [2.24, 2.45) is 5.73 Å². The molecule has 0 atom stereocenters. The van der Waals surface area contributed by atoms with Crippen LogP contribution in [0.15, 0.2) is 60.8 Å². The number of fused-ring (bicyclic) bond motifs is 3. The first-order valence-corrected chi connectivity index (χ1v) is 9.86. The molecule has 0 saturated carbocycles. The van der Waals surface area contributed by atoms with E-state index in [-0.39, 0.29) is 5.69 Å². The number of nitrogens with two attached hydrogens (primary N) is 1. The maximum absolute atomic E-state index is 12.1. The minimum atomic E-state index is -0.594. The summed E-state index contributed by atoms with van der Waals surface area (Å²) in [5.41, 5.74) is 11.4. The van der Waals surface area contributed by atoms with Crippen molar-refractivity contribution in [3.8, 4) is 11.1 Å². The van der Waals surface area contributed by atoms with Crippen LogP contribution in [0.4, 0.5) is 0 Å². The number of nitrogens with zero attached hydrogens (tertiary/aromatic N) is 3. The minimum absolute atomic E-state index is 0.165. The van der Waals surface area contributed by atoms with E-state index in [1.807, 2.05) is 54.7 Å². The van der Waals surface area contributed by atoms with Crippen molar-refractivity contribution < 1.29 is 4.79 Å². The molecule has 1 aliphatic rings. The largest absolute Gasteiger partial charge is 0.364 e. The first-order chi connectivity index (χ1) is 14.2. The Hall–Kier alpha value is -3.60. The third-order valence-electron chi connectivity index (χ3n) is 5.55. The normalized spacial score (nSPS) is 14.1. The van der Waals surface area contributed by atoms with E-state index in [0.717, 1.165) is 45.8 Å². The summed E-state index contributed by atoms with van der Waals surface area (Å²) in [6, 6.07) is 15.6. The van der Waals surface area contributed by atoms with Crippen LogP contribution in [0.2, 0.25) is 0 Å². The summed E-state index contributed by atoms with van der Waals surface area (Å²) in [7, 11) is 0. The summed E-state index contributed by atoms with van der Waals surface area (Å²) < 4.78 is 0. The van der Waals surface area contributed by atoms with Gasteiger partial charge in [-0.3, -0.25) is 9.78 Å². The van der Waals surface area contributed by atoms with Crippen LogP contribution in [0, 0.1) is 0 Å². The molecule has 0 spiro atoms. The molecule has 2 aromatic heterocycles. The Kier molecular flexibility index (Phi) is 4.28. The summed E-state index contributed by atoms with van der Waals surface area (Å²) in [6.45, 7) is 0. The van der Waals surface area contributed by atoms with Gasteiger partial charge in [0.1, 0.15) is 5.52 Å². The molecule has 29 heavy (non-hydrogen) atoms. The Labute approximate surface area is 168 Å². The highest BCUT2D eigenvalue weighted by molar-refractivity contribution is 6.10. The molecule has 5 rings (SSSR count). The summed E-state index contributed by atoms with van der Waals surface area (Å²) in [6.07, 6.45) is 8.80. The van der Waals surface area contributed by atoms with Crippen LogP contribution >= 0.6 is 0 Å². The molecule has 0 bridgehead atoms. The minimum Gasteiger partial charge on any atom is -0.364 e. The summed E-state index contributed by atoms with van der Waals surface area (Å²) in [5.74, 6) is -0.594. The zero-order valence-electron chi connectivity index (χ0n) is 15.9. The molecule has 0 radical (unpaired) electrons. The van der Waals surface area contributed by atoms with Crippen molar-refractivity contribution in [1.29, 1.82) is 0 Å². The van der Waals surface area contributed by atoms with Gasteiger partial charge < -0.3 is 5.73 Å². The van der Waals surface area contributed by atoms with Gasteiger partial charge in [0.2, 0.25) is 0 Å². The van der Waals surface area contributed by atoms with Crippen LogP contribution in [0.1, 0.15) is 41.7 Å². The number of carbonyl (C=O) groups is 1. The average molecular weight is 380 g/mol. The zero-order chi connectivity index (χ0) is 19.8. The van der Waals surface area contributed by atoms with Gasteiger partial charge in [0.05, 0.1) is 5.52 Å². The number of amides is 1. The van der Waals surface area contributed by atoms with Gasteiger partial charge in [0, 0.05) is 28.1 Å². The third-order valence-corrected chi connectivity index (χ3v) is 5.55. The van der Waals surface area contributed by atoms with Gasteiger partial charge >= 0.3 is 0 Å². The van der Waals surface area contributed by atoms with E-state index in [4.69, 9.17) is 5.73 Å². The van der Waals surface area contributed by atoms with E-state index in [1.165, 1.54) is 18.4 Å². The maximum Gasteiger partial charge on any atom is 0.269 e. The standard InChI is InChI=1S/C24H20N4O/c25-24(29)23-18(15-7-3-1-4-8-15)13-17-11-12-20-21(22(17)27-28-23)19(14-26-20)16-9-5-2-6-10-16/h1,3-4,7-9,11-14H,2,5-6,10H2,(H2,25,29). The zero-order valence-corrected chi connectivity index (χ0v) is 15.9. The lowest BCUT2D eigenvalue weighted by atomic mass is 9.93. The molecule has 142 valence electrons. The third kappa shape index (κ3) is 3.05. The predicted octanol–water partition coefficient (Wildman–Crippen LogP) is 4.90. The molecule has 2 aromatic carbocycles. The number of rotatable bonds is 3. The topological polar surface area (TPSA) is 81.8 Å². The Morgan fingerprint density at radius 1 is 0.966 bits per heavy atom. The quantitative estimate of drug-likeness (QED) is 0.548. The number of hydrogen-bond acceptors (Lipinski definition) is 4. The Bertz CT molecular complexity index is 1280. The lowest BCUT2D eigenvalue weighted by Gasteiger charge is -2.11. The van der Waals surface area contributed by atoms with Gasteiger partial charge in [-0.1, -0.05) is 42.5 Å². The van der Waals surface area contributed by atoms with Crippen molar-refractivity contribution in [1.82, 2.24) is 15.2 Å². The molecule has 2 heterocycles. The van der Waals surface area contributed by atoms with Gasteiger partial charge in [0.15, 0.2) is 5.69 Å². The van der Waals surface area contributed by atoms with E-state index < -0.39 is 5.91 Å². The molecule has 5 heteroatoms. The summed E-state index contributed by atoms with van der Waals surface area (Å²) in [5, 5.41) is 10.7. The highest BCUT2D eigenvalue weighted by Crippen LogP contribution is 2.35. The Balaban J connectivity index is 1.84. The van der Waals surface area contributed by atoms with Crippen LogP contribution in [0.25, 0.3) is 38.5 Å². The van der Waals surface area contributed by atoms with E-state index >= 15 is 0 Å². The van der Waals surface area contributed by atoms with Crippen LogP contribution in [0.5, 0.6) is 0 Å². The first-order valence-electron chi connectivity index (χ1n) is 9.86. The monoisotopic (exact) mass is 380 g/mol. The number of hydrogen-bond donors (Lipinski definition) is 1. The Morgan fingerprint density at radius 3 is 2.59 bits per heavy atom. The van der Waals surface area contributed by atoms with Crippen LogP contribution in [0.3, 0.4) is 0 Å². The van der Waals surface area contributed by atoms with Gasteiger partial charge in [-0.05, 0) is 49.0 Å². The maximum atomic E-state index is 12.1. The fourth-order valence-corrected chi connectivity index (χ4v) is 4.12. The first kappa shape index (κ1) is 17.5. The fraction of sp³-hybridized carbons (Fsp3) is 0.167. The van der Waals surface area contributed by atoms with Crippen LogP contribution in [-0.4, -0.2) is 21.1 Å². The predicted molar refractivity (Wildman–Crippen MR) is 115 cm³/mol. The molecule has 1 amide bonds. The van der Waals surface area contributed by atoms with Crippen molar-refractivity contribution >= 4 is 33.3 Å². The molecule has 0 saturated heterocycles. The molecule has 2 N–H and O–H groups in total. The van der Waals surface area contributed by atoms with E-state index in [9.17, 15) is 4.79 Å². The molecular weight excluding hydrogens is 360 g/mol. The molecule has 0 aliphatic heterocycles. The van der Waals surface area contributed by atoms with Crippen LogP contribution in [-0.2, 0) is 0 Å². The van der Waals surface area contributed by atoms with E-state index in [2.05, 4.69) is 21.3 Å². The number of primary amides is 1. The van der Waals surface area contributed by atoms with E-state index in [0.29, 0.717) is 5.56 Å². The molecular formula is C24H20N4O. The molecule has 4 aromatic rings. The number of aromatic nitrogens is 3. The molecule has 5 nitrogen and oxygen atoms in total. The highest BCUT2D eigenvalue weighted by atomic mass is 16.1. The molecule has 0 unspecified atom stereocenters. The Morgan fingerprint density at radius 2 is 1.83 bits per heavy atom.